The Kier molecular flexibility index (Phi) is 6.89. The van der Waals surface area contributed by atoms with Gasteiger partial charge in [-0.05, 0) is 48.0 Å². The maximum atomic E-state index is 11.8. The van der Waals surface area contributed by atoms with E-state index >= 15 is 0 Å². The fourth-order valence-electron chi connectivity index (χ4n) is 2.23. The SMILES string of the molecule is O=C(COc1ccc(Cl)cc1Cl)N/N=C\c1cccc(Oc2ccccc2)c1. The van der Waals surface area contributed by atoms with Crippen molar-refractivity contribution < 1.29 is 14.3 Å². The van der Waals surface area contributed by atoms with Gasteiger partial charge in [-0.15, -0.1) is 0 Å². The summed E-state index contributed by atoms with van der Waals surface area (Å²) in [6, 6.07) is 21.6. The molecular weight excluding hydrogens is 399 g/mol. The van der Waals surface area contributed by atoms with Gasteiger partial charge in [-0.3, -0.25) is 4.79 Å². The topological polar surface area (TPSA) is 59.9 Å². The van der Waals surface area contributed by atoms with Crippen molar-refractivity contribution in [1.29, 1.82) is 0 Å². The number of hydrazone groups is 1. The number of ether oxygens (including phenoxy) is 2. The molecule has 3 rings (SSSR count). The van der Waals surface area contributed by atoms with Gasteiger partial charge in [0.15, 0.2) is 6.61 Å². The Bertz CT molecular complexity index is 978. The molecule has 0 saturated heterocycles. The zero-order valence-electron chi connectivity index (χ0n) is 14.6. The van der Waals surface area contributed by atoms with Gasteiger partial charge in [0, 0.05) is 5.02 Å². The van der Waals surface area contributed by atoms with E-state index in [9.17, 15) is 4.79 Å². The van der Waals surface area contributed by atoms with Crippen LogP contribution in [0.4, 0.5) is 0 Å². The molecule has 0 unspecified atom stereocenters. The first kappa shape index (κ1) is 19.7. The van der Waals surface area contributed by atoms with E-state index in [1.807, 2.05) is 54.6 Å². The lowest BCUT2D eigenvalue weighted by atomic mass is 10.2. The van der Waals surface area contributed by atoms with Crippen molar-refractivity contribution in [2.75, 3.05) is 6.61 Å². The third-order valence-electron chi connectivity index (χ3n) is 3.49. The van der Waals surface area contributed by atoms with E-state index in [2.05, 4.69) is 10.5 Å². The molecule has 0 heterocycles. The van der Waals surface area contributed by atoms with Crippen LogP contribution in [0.15, 0.2) is 77.9 Å². The van der Waals surface area contributed by atoms with Crippen LogP contribution < -0.4 is 14.9 Å². The van der Waals surface area contributed by atoms with Crippen molar-refractivity contribution in [3.63, 3.8) is 0 Å². The molecule has 0 aliphatic heterocycles. The molecular formula is C21H16Cl2N2O3. The lowest BCUT2D eigenvalue weighted by Gasteiger charge is -2.07. The molecule has 0 spiro atoms. The number of carbonyl (C=O) groups excluding carboxylic acids is 1. The highest BCUT2D eigenvalue weighted by molar-refractivity contribution is 6.35. The van der Waals surface area contributed by atoms with Crippen molar-refractivity contribution in [2.45, 2.75) is 0 Å². The Hall–Kier alpha value is -3.02. The first-order chi connectivity index (χ1) is 13.6. The first-order valence-corrected chi connectivity index (χ1v) is 9.08. The summed E-state index contributed by atoms with van der Waals surface area (Å²) < 4.78 is 11.1. The zero-order chi connectivity index (χ0) is 19.8. The van der Waals surface area contributed by atoms with Crippen LogP contribution in [0.1, 0.15) is 5.56 Å². The normalized spacial score (nSPS) is 10.6. The number of amides is 1. The standard InChI is InChI=1S/C21H16Cl2N2O3/c22-16-9-10-20(19(23)12-16)27-14-21(26)25-24-13-15-5-4-8-18(11-15)28-17-6-2-1-3-7-17/h1-13H,14H2,(H,25,26)/b24-13-. The lowest BCUT2D eigenvalue weighted by Crippen LogP contribution is -2.24. The predicted octanol–water partition coefficient (Wildman–Crippen LogP) is 5.31. The van der Waals surface area contributed by atoms with Crippen molar-refractivity contribution >= 4 is 35.3 Å². The molecule has 0 aromatic heterocycles. The predicted molar refractivity (Wildman–Crippen MR) is 111 cm³/mol. The maximum Gasteiger partial charge on any atom is 0.277 e. The van der Waals surface area contributed by atoms with E-state index in [1.165, 1.54) is 6.21 Å². The second kappa shape index (κ2) is 9.78. The molecule has 0 saturated carbocycles. The van der Waals surface area contributed by atoms with E-state index in [0.717, 1.165) is 11.3 Å². The number of hydrogen-bond acceptors (Lipinski definition) is 4. The van der Waals surface area contributed by atoms with Crippen molar-refractivity contribution in [2.24, 2.45) is 5.10 Å². The minimum atomic E-state index is -0.418. The minimum Gasteiger partial charge on any atom is -0.482 e. The smallest absolute Gasteiger partial charge is 0.277 e. The quantitative estimate of drug-likeness (QED) is 0.420. The molecule has 142 valence electrons. The Labute approximate surface area is 172 Å². The molecule has 5 nitrogen and oxygen atoms in total. The Morgan fingerprint density at radius 2 is 1.75 bits per heavy atom. The number of carbonyl (C=O) groups is 1. The Morgan fingerprint density at radius 3 is 2.54 bits per heavy atom. The van der Waals surface area contributed by atoms with Crippen LogP contribution >= 0.6 is 23.2 Å². The molecule has 3 aromatic carbocycles. The molecule has 0 fully saturated rings. The summed E-state index contributed by atoms with van der Waals surface area (Å²) in [6.07, 6.45) is 1.52. The fraction of sp³-hybridized carbons (Fsp3) is 0.0476. The number of hydrogen-bond donors (Lipinski definition) is 1. The van der Waals surface area contributed by atoms with Gasteiger partial charge < -0.3 is 9.47 Å². The number of halogens is 2. The van der Waals surface area contributed by atoms with Crippen LogP contribution in [0.25, 0.3) is 0 Å². The van der Waals surface area contributed by atoms with E-state index < -0.39 is 5.91 Å². The average Bonchev–Trinajstić information content (AvgIpc) is 2.68. The van der Waals surface area contributed by atoms with Gasteiger partial charge >= 0.3 is 0 Å². The van der Waals surface area contributed by atoms with Gasteiger partial charge in [0.05, 0.1) is 11.2 Å². The van der Waals surface area contributed by atoms with Gasteiger partial charge in [0.25, 0.3) is 5.91 Å². The third kappa shape index (κ3) is 6.01. The summed E-state index contributed by atoms with van der Waals surface area (Å²) in [5, 5.41) is 4.75. The van der Waals surface area contributed by atoms with Crippen molar-refractivity contribution in [3.8, 4) is 17.2 Å². The largest absolute Gasteiger partial charge is 0.482 e. The third-order valence-corrected chi connectivity index (χ3v) is 4.02. The van der Waals surface area contributed by atoms with Gasteiger partial charge in [-0.2, -0.15) is 5.10 Å². The van der Waals surface area contributed by atoms with Crippen LogP contribution in [0.2, 0.25) is 10.0 Å². The highest BCUT2D eigenvalue weighted by atomic mass is 35.5. The van der Waals surface area contributed by atoms with Crippen LogP contribution in [0, 0.1) is 0 Å². The molecule has 0 radical (unpaired) electrons. The molecule has 1 N–H and O–H groups in total. The molecule has 0 atom stereocenters. The van der Waals surface area contributed by atoms with Gasteiger partial charge in [-0.25, -0.2) is 5.43 Å². The van der Waals surface area contributed by atoms with Crippen molar-refractivity contribution in [3.05, 3.63) is 88.4 Å². The van der Waals surface area contributed by atoms with E-state index in [1.54, 1.807) is 18.2 Å². The first-order valence-electron chi connectivity index (χ1n) is 8.33. The van der Waals surface area contributed by atoms with Crippen LogP contribution in [-0.4, -0.2) is 18.7 Å². The van der Waals surface area contributed by atoms with Gasteiger partial charge in [0.1, 0.15) is 17.2 Å². The number of rotatable bonds is 7. The van der Waals surface area contributed by atoms with Gasteiger partial charge in [0.2, 0.25) is 0 Å². The number of nitrogens with zero attached hydrogens (tertiary/aromatic N) is 1. The molecule has 0 aliphatic carbocycles. The number of benzene rings is 3. The van der Waals surface area contributed by atoms with Crippen LogP contribution in [0.5, 0.6) is 17.2 Å². The Morgan fingerprint density at radius 1 is 0.964 bits per heavy atom. The molecule has 28 heavy (non-hydrogen) atoms. The summed E-state index contributed by atoms with van der Waals surface area (Å²) in [7, 11) is 0. The summed E-state index contributed by atoms with van der Waals surface area (Å²) in [4.78, 5) is 11.8. The van der Waals surface area contributed by atoms with Crippen LogP contribution in [-0.2, 0) is 4.79 Å². The molecule has 0 aliphatic rings. The fourth-order valence-corrected chi connectivity index (χ4v) is 2.69. The molecule has 0 bridgehead atoms. The molecule has 7 heteroatoms. The highest BCUT2D eigenvalue weighted by Crippen LogP contribution is 2.27. The second-order valence-electron chi connectivity index (χ2n) is 5.64. The van der Waals surface area contributed by atoms with E-state index in [-0.39, 0.29) is 6.61 Å². The molecule has 3 aromatic rings. The Balaban J connectivity index is 1.51. The average molecular weight is 415 g/mol. The minimum absolute atomic E-state index is 0.226. The van der Waals surface area contributed by atoms with E-state index in [4.69, 9.17) is 32.7 Å². The van der Waals surface area contributed by atoms with Gasteiger partial charge in [-0.1, -0.05) is 53.5 Å². The number of nitrogens with one attached hydrogen (secondary N) is 1. The lowest BCUT2D eigenvalue weighted by molar-refractivity contribution is -0.123. The maximum absolute atomic E-state index is 11.8. The van der Waals surface area contributed by atoms with Crippen molar-refractivity contribution in [1.82, 2.24) is 5.43 Å². The second-order valence-corrected chi connectivity index (χ2v) is 6.49. The summed E-state index contributed by atoms with van der Waals surface area (Å²) in [5.74, 6) is 1.36. The van der Waals surface area contributed by atoms with E-state index in [0.29, 0.717) is 21.5 Å². The van der Waals surface area contributed by atoms with Crippen LogP contribution in [0.3, 0.4) is 0 Å². The summed E-state index contributed by atoms with van der Waals surface area (Å²) in [6.45, 7) is -0.226. The number of para-hydroxylation sites is 1. The summed E-state index contributed by atoms with van der Waals surface area (Å²) >= 11 is 11.8. The monoisotopic (exact) mass is 414 g/mol. The summed E-state index contributed by atoms with van der Waals surface area (Å²) in [5.41, 5.74) is 3.17. The highest BCUT2D eigenvalue weighted by Gasteiger charge is 2.06. The molecule has 1 amide bonds. The zero-order valence-corrected chi connectivity index (χ0v) is 16.2.